The smallest absolute Gasteiger partial charge is 0.230 e. The summed E-state index contributed by atoms with van der Waals surface area (Å²) in [5.74, 6) is 2.17. The van der Waals surface area contributed by atoms with E-state index < -0.39 is 0 Å². The Hall–Kier alpha value is -0.730. The van der Waals surface area contributed by atoms with E-state index in [1.165, 1.54) is 11.8 Å². The highest BCUT2D eigenvalue weighted by molar-refractivity contribution is 7.99. The number of nitrogens with one attached hydrogen (secondary N) is 1. The van der Waals surface area contributed by atoms with Gasteiger partial charge in [-0.1, -0.05) is 11.8 Å². The summed E-state index contributed by atoms with van der Waals surface area (Å²) >= 11 is 3.13. The Morgan fingerprint density at radius 2 is 2.30 bits per heavy atom. The van der Waals surface area contributed by atoms with E-state index in [2.05, 4.69) is 29.4 Å². The number of nitrogens with zero attached hydrogens (tertiary/aromatic N) is 3. The van der Waals surface area contributed by atoms with Crippen molar-refractivity contribution < 1.29 is 9.90 Å². The zero-order valence-corrected chi connectivity index (χ0v) is 13.5. The van der Waals surface area contributed by atoms with Gasteiger partial charge in [0.2, 0.25) is 5.91 Å². The van der Waals surface area contributed by atoms with Gasteiger partial charge in [-0.15, -0.1) is 10.2 Å². The fourth-order valence-electron chi connectivity index (χ4n) is 1.40. The molecule has 0 radical (unpaired) electrons. The van der Waals surface area contributed by atoms with Crippen molar-refractivity contribution in [2.45, 2.75) is 31.5 Å². The maximum atomic E-state index is 11.7. The van der Waals surface area contributed by atoms with Crippen LogP contribution in [0, 0.1) is 0 Å². The van der Waals surface area contributed by atoms with Crippen molar-refractivity contribution in [3.05, 3.63) is 6.33 Å². The first-order chi connectivity index (χ1) is 9.65. The maximum Gasteiger partial charge on any atom is 0.230 e. The molecule has 1 rings (SSSR count). The van der Waals surface area contributed by atoms with Gasteiger partial charge in [0.25, 0.3) is 0 Å². The highest BCUT2D eigenvalue weighted by Crippen LogP contribution is 2.18. The van der Waals surface area contributed by atoms with E-state index >= 15 is 0 Å². The molecule has 1 heterocycles. The molecule has 0 spiro atoms. The van der Waals surface area contributed by atoms with Crippen molar-refractivity contribution in [1.29, 1.82) is 0 Å². The molecule has 1 amide bonds. The summed E-state index contributed by atoms with van der Waals surface area (Å²) in [6, 6.07) is 0.290. The van der Waals surface area contributed by atoms with Gasteiger partial charge in [-0.25, -0.2) is 0 Å². The van der Waals surface area contributed by atoms with Gasteiger partial charge in [0, 0.05) is 24.9 Å². The number of aromatic nitrogens is 3. The lowest BCUT2D eigenvalue weighted by Crippen LogP contribution is -2.27. The highest BCUT2D eigenvalue weighted by Gasteiger charge is 2.10. The van der Waals surface area contributed by atoms with Gasteiger partial charge in [0.1, 0.15) is 6.33 Å². The molecule has 0 aromatic carbocycles. The summed E-state index contributed by atoms with van der Waals surface area (Å²) in [6.45, 7) is 4.99. The molecule has 0 saturated carbocycles. The Morgan fingerprint density at radius 1 is 1.50 bits per heavy atom. The molecular weight excluding hydrogens is 296 g/mol. The topological polar surface area (TPSA) is 80.0 Å². The lowest BCUT2D eigenvalue weighted by molar-refractivity contribution is -0.118. The van der Waals surface area contributed by atoms with E-state index in [4.69, 9.17) is 5.11 Å². The summed E-state index contributed by atoms with van der Waals surface area (Å²) in [5, 5.41) is 20.1. The number of carbonyl (C=O) groups excluding carboxylic acids is 1. The van der Waals surface area contributed by atoms with Crippen LogP contribution in [0.25, 0.3) is 0 Å². The predicted octanol–water partition coefficient (Wildman–Crippen LogP) is 1.18. The Kier molecular flexibility index (Phi) is 8.72. The van der Waals surface area contributed by atoms with Gasteiger partial charge in [-0.05, 0) is 26.0 Å². The van der Waals surface area contributed by atoms with Gasteiger partial charge in [-0.2, -0.15) is 11.8 Å². The molecule has 1 aromatic heterocycles. The van der Waals surface area contributed by atoms with E-state index in [1.54, 1.807) is 18.1 Å². The molecule has 114 valence electrons. The van der Waals surface area contributed by atoms with E-state index in [1.807, 2.05) is 4.57 Å². The Balaban J connectivity index is 2.15. The molecule has 20 heavy (non-hydrogen) atoms. The number of rotatable bonds is 10. The SMILES string of the molecule is CC(C)n1cnnc1SCC(=O)NCCSCCCO. The van der Waals surface area contributed by atoms with E-state index in [-0.39, 0.29) is 12.5 Å². The maximum absolute atomic E-state index is 11.7. The normalized spacial score (nSPS) is 11.0. The fraction of sp³-hybridized carbons (Fsp3) is 0.750. The van der Waals surface area contributed by atoms with E-state index in [0.29, 0.717) is 18.3 Å². The molecule has 2 N–H and O–H groups in total. The Morgan fingerprint density at radius 3 is 3.00 bits per heavy atom. The molecular formula is C12H22N4O2S2. The Bertz CT molecular complexity index is 399. The summed E-state index contributed by atoms with van der Waals surface area (Å²) in [7, 11) is 0. The molecule has 8 heteroatoms. The molecule has 0 unspecified atom stereocenters. The lowest BCUT2D eigenvalue weighted by atomic mass is 10.4. The molecule has 0 fully saturated rings. The summed E-state index contributed by atoms with van der Waals surface area (Å²) in [5.41, 5.74) is 0. The van der Waals surface area contributed by atoms with Crippen molar-refractivity contribution >= 4 is 29.4 Å². The van der Waals surface area contributed by atoms with Crippen molar-refractivity contribution in [2.75, 3.05) is 30.4 Å². The van der Waals surface area contributed by atoms with Crippen LogP contribution in [0.2, 0.25) is 0 Å². The minimum absolute atomic E-state index is 0.0102. The summed E-state index contributed by atoms with van der Waals surface area (Å²) in [4.78, 5) is 11.7. The molecule has 0 aliphatic heterocycles. The van der Waals surface area contributed by atoms with E-state index in [9.17, 15) is 4.79 Å². The monoisotopic (exact) mass is 318 g/mol. The number of aliphatic hydroxyl groups is 1. The first-order valence-electron chi connectivity index (χ1n) is 6.62. The van der Waals surface area contributed by atoms with Crippen LogP contribution in [0.3, 0.4) is 0 Å². The highest BCUT2D eigenvalue weighted by atomic mass is 32.2. The van der Waals surface area contributed by atoms with Gasteiger partial charge in [-0.3, -0.25) is 4.79 Å². The number of hydrogen-bond donors (Lipinski definition) is 2. The van der Waals surface area contributed by atoms with Gasteiger partial charge in [0.15, 0.2) is 5.16 Å². The van der Waals surface area contributed by atoms with Crippen molar-refractivity contribution in [2.24, 2.45) is 0 Å². The molecule has 1 aromatic rings. The van der Waals surface area contributed by atoms with Crippen LogP contribution in [0.5, 0.6) is 0 Å². The first-order valence-corrected chi connectivity index (χ1v) is 8.76. The van der Waals surface area contributed by atoms with Crippen molar-refractivity contribution in [1.82, 2.24) is 20.1 Å². The number of thioether (sulfide) groups is 2. The van der Waals surface area contributed by atoms with Crippen LogP contribution < -0.4 is 5.32 Å². The van der Waals surface area contributed by atoms with Crippen LogP contribution in [-0.2, 0) is 4.79 Å². The van der Waals surface area contributed by atoms with Crippen LogP contribution in [-0.4, -0.2) is 56.2 Å². The zero-order valence-electron chi connectivity index (χ0n) is 11.9. The second-order valence-electron chi connectivity index (χ2n) is 4.44. The fourth-order valence-corrected chi connectivity index (χ4v) is 3.06. The molecule has 0 saturated heterocycles. The number of carbonyl (C=O) groups is 1. The summed E-state index contributed by atoms with van der Waals surface area (Å²) in [6.07, 6.45) is 2.49. The standard InChI is InChI=1S/C12H22N4O2S2/c1-10(2)16-9-14-15-12(16)20-8-11(18)13-4-7-19-6-3-5-17/h9-10,17H,3-8H2,1-2H3,(H,13,18). The average Bonchev–Trinajstić information content (AvgIpc) is 2.89. The van der Waals surface area contributed by atoms with Gasteiger partial charge in [0.05, 0.1) is 5.75 Å². The molecule has 0 aliphatic carbocycles. The average molecular weight is 318 g/mol. The lowest BCUT2D eigenvalue weighted by Gasteiger charge is -2.09. The van der Waals surface area contributed by atoms with Gasteiger partial charge >= 0.3 is 0 Å². The minimum atomic E-state index is 0.0102. The third kappa shape index (κ3) is 6.62. The third-order valence-electron chi connectivity index (χ3n) is 2.44. The molecule has 0 aliphatic rings. The van der Waals surface area contributed by atoms with Crippen LogP contribution in [0.4, 0.5) is 0 Å². The second-order valence-corrected chi connectivity index (χ2v) is 6.61. The van der Waals surface area contributed by atoms with Crippen molar-refractivity contribution in [3.63, 3.8) is 0 Å². The molecule has 0 atom stereocenters. The Labute approximate surface area is 128 Å². The molecule has 0 bridgehead atoms. The quantitative estimate of drug-likeness (QED) is 0.498. The number of aliphatic hydroxyl groups excluding tert-OH is 1. The van der Waals surface area contributed by atoms with Gasteiger partial charge < -0.3 is 15.0 Å². The first kappa shape index (κ1) is 17.3. The zero-order chi connectivity index (χ0) is 14.8. The number of hydrogen-bond acceptors (Lipinski definition) is 6. The second kappa shape index (κ2) is 10.1. The van der Waals surface area contributed by atoms with Crippen LogP contribution in [0.1, 0.15) is 26.3 Å². The minimum Gasteiger partial charge on any atom is -0.396 e. The largest absolute Gasteiger partial charge is 0.396 e. The number of amides is 1. The summed E-state index contributed by atoms with van der Waals surface area (Å²) < 4.78 is 1.95. The van der Waals surface area contributed by atoms with Crippen LogP contribution >= 0.6 is 23.5 Å². The van der Waals surface area contributed by atoms with Crippen LogP contribution in [0.15, 0.2) is 11.5 Å². The predicted molar refractivity (Wildman–Crippen MR) is 83.2 cm³/mol. The molecule has 6 nitrogen and oxygen atoms in total. The van der Waals surface area contributed by atoms with E-state index in [0.717, 1.165) is 23.1 Å². The third-order valence-corrected chi connectivity index (χ3v) is 4.47. The van der Waals surface area contributed by atoms with Crippen molar-refractivity contribution in [3.8, 4) is 0 Å².